The van der Waals surface area contributed by atoms with Crippen molar-refractivity contribution in [2.45, 2.75) is 38.8 Å². The Hall–Kier alpha value is -1.10. The summed E-state index contributed by atoms with van der Waals surface area (Å²) >= 11 is 5.90. The van der Waals surface area contributed by atoms with E-state index < -0.39 is 6.04 Å². The van der Waals surface area contributed by atoms with Gasteiger partial charge in [0.2, 0.25) is 5.91 Å². The summed E-state index contributed by atoms with van der Waals surface area (Å²) in [6.07, 6.45) is 1.39. The third-order valence-electron chi connectivity index (χ3n) is 3.39. The molecule has 0 heterocycles. The Labute approximate surface area is 132 Å². The van der Waals surface area contributed by atoms with Gasteiger partial charge in [-0.25, -0.2) is 0 Å². The van der Waals surface area contributed by atoms with E-state index in [0.717, 1.165) is 12.0 Å². The van der Waals surface area contributed by atoms with Crippen LogP contribution in [-0.2, 0) is 9.53 Å². The SMILES string of the molecule is COCCCC(N)C(=O)NC(c1ccc(Cl)cc1)C(C)C. The molecule has 0 aromatic heterocycles. The van der Waals surface area contributed by atoms with E-state index in [2.05, 4.69) is 19.2 Å². The van der Waals surface area contributed by atoms with Crippen LogP contribution in [0.5, 0.6) is 0 Å². The Bertz CT molecular complexity index is 434. The monoisotopic (exact) mass is 312 g/mol. The summed E-state index contributed by atoms with van der Waals surface area (Å²) in [6, 6.07) is 6.96. The highest BCUT2D eigenvalue weighted by Crippen LogP contribution is 2.23. The summed E-state index contributed by atoms with van der Waals surface area (Å²) in [4.78, 5) is 12.2. The number of halogens is 1. The van der Waals surface area contributed by atoms with Gasteiger partial charge in [0.05, 0.1) is 12.1 Å². The zero-order valence-electron chi connectivity index (χ0n) is 12.9. The molecule has 0 radical (unpaired) electrons. The van der Waals surface area contributed by atoms with Crippen LogP contribution in [0.25, 0.3) is 0 Å². The first kappa shape index (κ1) is 18.0. The lowest BCUT2D eigenvalue weighted by molar-refractivity contribution is -0.123. The highest BCUT2D eigenvalue weighted by Gasteiger charge is 2.21. The second kappa shape index (κ2) is 9.03. The van der Waals surface area contributed by atoms with E-state index in [0.29, 0.717) is 18.1 Å². The zero-order chi connectivity index (χ0) is 15.8. The molecule has 0 fully saturated rings. The predicted octanol–water partition coefficient (Wildman–Crippen LogP) is 2.91. The van der Waals surface area contributed by atoms with Crippen molar-refractivity contribution in [2.24, 2.45) is 11.7 Å². The van der Waals surface area contributed by atoms with Crippen LogP contribution in [-0.4, -0.2) is 25.7 Å². The molecular formula is C16H25ClN2O2. The molecule has 1 aromatic carbocycles. The summed E-state index contributed by atoms with van der Waals surface area (Å²) in [6.45, 7) is 4.75. The smallest absolute Gasteiger partial charge is 0.237 e. The minimum Gasteiger partial charge on any atom is -0.385 e. The van der Waals surface area contributed by atoms with Gasteiger partial charge in [-0.15, -0.1) is 0 Å². The Morgan fingerprint density at radius 3 is 2.48 bits per heavy atom. The fourth-order valence-corrected chi connectivity index (χ4v) is 2.27. The molecule has 0 aliphatic heterocycles. The van der Waals surface area contributed by atoms with Crippen molar-refractivity contribution < 1.29 is 9.53 Å². The Kier molecular flexibility index (Phi) is 7.72. The minimum absolute atomic E-state index is 0.0664. The first-order valence-electron chi connectivity index (χ1n) is 7.26. The molecule has 1 rings (SSSR count). The van der Waals surface area contributed by atoms with Gasteiger partial charge in [-0.05, 0) is 36.5 Å². The number of carbonyl (C=O) groups is 1. The first-order valence-corrected chi connectivity index (χ1v) is 7.64. The average Bonchev–Trinajstić information content (AvgIpc) is 2.45. The molecule has 0 saturated heterocycles. The Balaban J connectivity index is 2.66. The van der Waals surface area contributed by atoms with Gasteiger partial charge in [0.1, 0.15) is 0 Å². The zero-order valence-corrected chi connectivity index (χ0v) is 13.7. The highest BCUT2D eigenvalue weighted by atomic mass is 35.5. The highest BCUT2D eigenvalue weighted by molar-refractivity contribution is 6.30. The van der Waals surface area contributed by atoms with Crippen LogP contribution < -0.4 is 11.1 Å². The van der Waals surface area contributed by atoms with Crippen LogP contribution in [0.3, 0.4) is 0 Å². The molecule has 5 heteroatoms. The third-order valence-corrected chi connectivity index (χ3v) is 3.65. The molecule has 21 heavy (non-hydrogen) atoms. The number of amides is 1. The van der Waals surface area contributed by atoms with E-state index in [-0.39, 0.29) is 17.9 Å². The number of hydrogen-bond acceptors (Lipinski definition) is 3. The predicted molar refractivity (Wildman–Crippen MR) is 86.3 cm³/mol. The van der Waals surface area contributed by atoms with Gasteiger partial charge in [-0.2, -0.15) is 0 Å². The van der Waals surface area contributed by atoms with E-state index in [9.17, 15) is 4.79 Å². The third kappa shape index (κ3) is 6.04. The fraction of sp³-hybridized carbons (Fsp3) is 0.562. The molecule has 2 atom stereocenters. The number of ether oxygens (including phenoxy) is 1. The van der Waals surface area contributed by atoms with Crippen LogP contribution in [0.2, 0.25) is 5.02 Å². The van der Waals surface area contributed by atoms with E-state index in [1.54, 1.807) is 7.11 Å². The van der Waals surface area contributed by atoms with Gasteiger partial charge in [0.15, 0.2) is 0 Å². The van der Waals surface area contributed by atoms with Crippen molar-refractivity contribution >= 4 is 17.5 Å². The van der Waals surface area contributed by atoms with Gasteiger partial charge >= 0.3 is 0 Å². The molecule has 0 saturated carbocycles. The summed E-state index contributed by atoms with van der Waals surface area (Å²) in [5.74, 6) is 0.140. The number of nitrogens with one attached hydrogen (secondary N) is 1. The molecule has 0 bridgehead atoms. The van der Waals surface area contributed by atoms with Gasteiger partial charge in [0.25, 0.3) is 0 Å². The standard InChI is InChI=1S/C16H25ClN2O2/c1-11(2)15(12-6-8-13(17)9-7-12)19-16(20)14(18)5-4-10-21-3/h6-9,11,14-15H,4-5,10,18H2,1-3H3,(H,19,20). The molecule has 1 amide bonds. The van der Waals surface area contributed by atoms with Gasteiger partial charge in [-0.1, -0.05) is 37.6 Å². The van der Waals surface area contributed by atoms with Crippen LogP contribution in [0.4, 0.5) is 0 Å². The maximum atomic E-state index is 12.2. The van der Waals surface area contributed by atoms with Crippen molar-refractivity contribution in [3.8, 4) is 0 Å². The van der Waals surface area contributed by atoms with Gasteiger partial charge < -0.3 is 15.8 Å². The number of methoxy groups -OCH3 is 1. The Morgan fingerprint density at radius 1 is 1.33 bits per heavy atom. The number of nitrogens with two attached hydrogens (primary N) is 1. The molecule has 1 aromatic rings. The number of rotatable bonds is 8. The Morgan fingerprint density at radius 2 is 1.95 bits per heavy atom. The van der Waals surface area contributed by atoms with E-state index in [1.165, 1.54) is 0 Å². The molecular weight excluding hydrogens is 288 g/mol. The molecule has 0 aliphatic carbocycles. The second-order valence-corrected chi connectivity index (χ2v) is 5.96. The molecule has 0 aliphatic rings. The fourth-order valence-electron chi connectivity index (χ4n) is 2.14. The number of benzene rings is 1. The van der Waals surface area contributed by atoms with Crippen molar-refractivity contribution in [2.75, 3.05) is 13.7 Å². The maximum absolute atomic E-state index is 12.2. The van der Waals surface area contributed by atoms with Crippen molar-refractivity contribution in [1.29, 1.82) is 0 Å². The first-order chi connectivity index (χ1) is 9.95. The summed E-state index contributed by atoms with van der Waals surface area (Å²) < 4.78 is 4.97. The van der Waals surface area contributed by atoms with E-state index in [4.69, 9.17) is 22.1 Å². The lowest BCUT2D eigenvalue weighted by atomic mass is 9.95. The number of carbonyl (C=O) groups excluding carboxylic acids is 1. The molecule has 4 nitrogen and oxygen atoms in total. The quantitative estimate of drug-likeness (QED) is 0.725. The lowest BCUT2D eigenvalue weighted by Gasteiger charge is -2.24. The normalized spacial score (nSPS) is 14.0. The molecule has 0 spiro atoms. The van der Waals surface area contributed by atoms with Crippen LogP contribution >= 0.6 is 11.6 Å². The van der Waals surface area contributed by atoms with E-state index >= 15 is 0 Å². The van der Waals surface area contributed by atoms with Crippen LogP contribution in [0.15, 0.2) is 24.3 Å². The van der Waals surface area contributed by atoms with Gasteiger partial charge in [0, 0.05) is 18.7 Å². The van der Waals surface area contributed by atoms with Crippen molar-refractivity contribution in [1.82, 2.24) is 5.32 Å². The summed E-state index contributed by atoms with van der Waals surface area (Å²) in [5, 5.41) is 3.72. The lowest BCUT2D eigenvalue weighted by Crippen LogP contribution is -2.43. The topological polar surface area (TPSA) is 64.3 Å². The van der Waals surface area contributed by atoms with E-state index in [1.807, 2.05) is 24.3 Å². The summed E-state index contributed by atoms with van der Waals surface area (Å²) in [7, 11) is 1.64. The van der Waals surface area contributed by atoms with Crippen molar-refractivity contribution in [3.05, 3.63) is 34.9 Å². The van der Waals surface area contributed by atoms with Crippen molar-refractivity contribution in [3.63, 3.8) is 0 Å². The average molecular weight is 313 g/mol. The largest absolute Gasteiger partial charge is 0.385 e. The maximum Gasteiger partial charge on any atom is 0.237 e. The molecule has 3 N–H and O–H groups in total. The minimum atomic E-state index is -0.506. The summed E-state index contributed by atoms with van der Waals surface area (Å²) in [5.41, 5.74) is 6.95. The number of hydrogen-bond donors (Lipinski definition) is 2. The van der Waals surface area contributed by atoms with Crippen LogP contribution in [0, 0.1) is 5.92 Å². The van der Waals surface area contributed by atoms with Gasteiger partial charge in [-0.3, -0.25) is 4.79 Å². The molecule has 118 valence electrons. The second-order valence-electron chi connectivity index (χ2n) is 5.52. The molecule has 2 unspecified atom stereocenters. The van der Waals surface area contributed by atoms with Crippen LogP contribution in [0.1, 0.15) is 38.3 Å².